The summed E-state index contributed by atoms with van der Waals surface area (Å²) in [6.45, 7) is 0.00907. The first-order chi connectivity index (χ1) is 5.20. The van der Waals surface area contributed by atoms with Gasteiger partial charge in [-0.1, -0.05) is 0 Å². The molecule has 1 fully saturated rings. The molecule has 1 unspecified atom stereocenters. The number of carbonyl (C=O) groups excluding carboxylic acids is 1. The van der Waals surface area contributed by atoms with E-state index in [-0.39, 0.29) is 18.5 Å². The third kappa shape index (κ3) is 0.686. The van der Waals surface area contributed by atoms with Crippen LogP contribution in [-0.2, 0) is 9.53 Å². The fraction of sp³-hybridized carbons (Fsp3) is 0.500. The maximum Gasteiger partial charge on any atom is 0.272 e. The number of ether oxygens (including phenoxy) is 1. The van der Waals surface area contributed by atoms with Crippen molar-refractivity contribution in [3.63, 3.8) is 0 Å². The Kier molecular flexibility index (Phi) is 1.06. The first-order valence-corrected chi connectivity index (χ1v) is 3.02. The fourth-order valence-electron chi connectivity index (χ4n) is 0.984. The standard InChI is InChI=1S/C4H7N5O2/c5-3-7-9-2(10)1-11-4(9)8(3)6/h4H,1,6H2,(H2,5,7). The van der Waals surface area contributed by atoms with Crippen LogP contribution in [0.3, 0.4) is 0 Å². The Hall–Kier alpha value is -1.34. The maximum absolute atomic E-state index is 10.9. The molecular weight excluding hydrogens is 150 g/mol. The van der Waals surface area contributed by atoms with E-state index < -0.39 is 6.35 Å². The molecule has 0 aromatic carbocycles. The molecule has 7 heteroatoms. The van der Waals surface area contributed by atoms with Crippen molar-refractivity contribution in [2.75, 3.05) is 6.61 Å². The monoisotopic (exact) mass is 157 g/mol. The largest absolute Gasteiger partial charge is 0.367 e. The van der Waals surface area contributed by atoms with Crippen LogP contribution in [0.1, 0.15) is 0 Å². The van der Waals surface area contributed by atoms with Gasteiger partial charge in [-0.05, 0) is 0 Å². The molecule has 2 heterocycles. The van der Waals surface area contributed by atoms with E-state index >= 15 is 0 Å². The lowest BCUT2D eigenvalue weighted by Gasteiger charge is -2.17. The molecule has 0 aromatic heterocycles. The molecule has 1 atom stereocenters. The van der Waals surface area contributed by atoms with E-state index in [1.54, 1.807) is 0 Å². The highest BCUT2D eigenvalue weighted by Gasteiger charge is 2.41. The average Bonchev–Trinajstić information content (AvgIpc) is 2.43. The fourth-order valence-corrected chi connectivity index (χ4v) is 0.984. The normalized spacial score (nSPS) is 29.4. The summed E-state index contributed by atoms with van der Waals surface area (Å²) in [6.07, 6.45) is -0.637. The SMILES string of the molecule is NC1=NN2C(=O)COC2N1N. The highest BCUT2D eigenvalue weighted by Crippen LogP contribution is 2.18. The zero-order valence-electron chi connectivity index (χ0n) is 5.60. The Morgan fingerprint density at radius 3 is 3.09 bits per heavy atom. The number of hydrazone groups is 1. The lowest BCUT2D eigenvalue weighted by Crippen LogP contribution is -2.47. The van der Waals surface area contributed by atoms with Crippen molar-refractivity contribution in [2.24, 2.45) is 16.7 Å². The Morgan fingerprint density at radius 1 is 1.73 bits per heavy atom. The van der Waals surface area contributed by atoms with Crippen molar-refractivity contribution in [3.8, 4) is 0 Å². The summed E-state index contributed by atoms with van der Waals surface area (Å²) >= 11 is 0. The molecule has 0 spiro atoms. The number of nitrogens with zero attached hydrogens (tertiary/aromatic N) is 3. The minimum atomic E-state index is -0.637. The predicted molar refractivity (Wildman–Crippen MR) is 34.2 cm³/mol. The van der Waals surface area contributed by atoms with Crippen molar-refractivity contribution < 1.29 is 9.53 Å². The van der Waals surface area contributed by atoms with Crippen molar-refractivity contribution in [3.05, 3.63) is 0 Å². The molecule has 1 amide bonds. The molecule has 11 heavy (non-hydrogen) atoms. The molecule has 4 N–H and O–H groups in total. The van der Waals surface area contributed by atoms with Gasteiger partial charge in [0.15, 0.2) is 0 Å². The highest BCUT2D eigenvalue weighted by atomic mass is 16.6. The van der Waals surface area contributed by atoms with Crippen LogP contribution >= 0.6 is 0 Å². The van der Waals surface area contributed by atoms with E-state index in [9.17, 15) is 4.79 Å². The van der Waals surface area contributed by atoms with E-state index in [0.717, 1.165) is 10.0 Å². The first-order valence-electron chi connectivity index (χ1n) is 3.02. The van der Waals surface area contributed by atoms with Crippen molar-refractivity contribution in [1.29, 1.82) is 0 Å². The number of nitrogens with two attached hydrogens (primary N) is 2. The zero-order chi connectivity index (χ0) is 8.01. The van der Waals surface area contributed by atoms with Gasteiger partial charge < -0.3 is 10.5 Å². The van der Waals surface area contributed by atoms with Gasteiger partial charge >= 0.3 is 0 Å². The predicted octanol–water partition coefficient (Wildman–Crippen LogP) is -2.45. The third-order valence-electron chi connectivity index (χ3n) is 1.53. The summed E-state index contributed by atoms with van der Waals surface area (Å²) in [5, 5.41) is 5.89. The van der Waals surface area contributed by atoms with Crippen LogP contribution in [0.25, 0.3) is 0 Å². The number of hydrazine groups is 1. The Morgan fingerprint density at radius 2 is 2.45 bits per heavy atom. The molecule has 0 saturated carbocycles. The Bertz CT molecular complexity index is 239. The first kappa shape index (κ1) is 6.38. The molecule has 0 radical (unpaired) electrons. The summed E-state index contributed by atoms with van der Waals surface area (Å²) in [5.41, 5.74) is 5.31. The Balaban J connectivity index is 2.28. The molecule has 2 aliphatic heterocycles. The second-order valence-electron chi connectivity index (χ2n) is 2.24. The van der Waals surface area contributed by atoms with Gasteiger partial charge in [-0.2, -0.15) is 5.01 Å². The van der Waals surface area contributed by atoms with Gasteiger partial charge in [-0.3, -0.25) is 4.79 Å². The second kappa shape index (κ2) is 1.83. The van der Waals surface area contributed by atoms with Crippen LogP contribution in [-0.4, -0.2) is 34.8 Å². The lowest BCUT2D eigenvalue weighted by molar-refractivity contribution is -0.128. The van der Waals surface area contributed by atoms with Crippen molar-refractivity contribution in [1.82, 2.24) is 10.0 Å². The third-order valence-corrected chi connectivity index (χ3v) is 1.53. The van der Waals surface area contributed by atoms with Gasteiger partial charge in [0.25, 0.3) is 5.91 Å². The topological polar surface area (TPSA) is 97.2 Å². The molecule has 60 valence electrons. The quantitative estimate of drug-likeness (QED) is 0.380. The molecular formula is C4H7N5O2. The van der Waals surface area contributed by atoms with Gasteiger partial charge in [0.05, 0.1) is 0 Å². The molecule has 0 bridgehead atoms. The van der Waals surface area contributed by atoms with Crippen LogP contribution < -0.4 is 11.6 Å². The van der Waals surface area contributed by atoms with Crippen molar-refractivity contribution >= 4 is 11.9 Å². The molecule has 2 rings (SSSR count). The molecule has 7 nitrogen and oxygen atoms in total. The average molecular weight is 157 g/mol. The summed E-state index contributed by atoms with van der Waals surface area (Å²) in [6, 6.07) is 0. The number of amides is 1. The smallest absolute Gasteiger partial charge is 0.272 e. The summed E-state index contributed by atoms with van der Waals surface area (Å²) < 4.78 is 4.95. The van der Waals surface area contributed by atoms with Crippen LogP contribution in [0.5, 0.6) is 0 Å². The molecule has 0 aliphatic carbocycles. The van der Waals surface area contributed by atoms with E-state index in [1.165, 1.54) is 0 Å². The number of hydrogen-bond acceptors (Lipinski definition) is 6. The van der Waals surface area contributed by atoms with Crippen LogP contribution in [0.15, 0.2) is 5.10 Å². The molecule has 0 aromatic rings. The summed E-state index contributed by atoms with van der Waals surface area (Å²) in [5.74, 6) is 5.24. The van der Waals surface area contributed by atoms with Crippen LogP contribution in [0.2, 0.25) is 0 Å². The number of carbonyl (C=O) groups is 1. The van der Waals surface area contributed by atoms with Crippen molar-refractivity contribution in [2.45, 2.75) is 6.35 Å². The minimum Gasteiger partial charge on any atom is -0.367 e. The van der Waals surface area contributed by atoms with Gasteiger partial charge in [-0.25, -0.2) is 10.9 Å². The number of fused-ring (bicyclic) bond motifs is 1. The lowest BCUT2D eigenvalue weighted by atomic mass is 10.7. The number of guanidine groups is 1. The van der Waals surface area contributed by atoms with E-state index in [4.69, 9.17) is 16.3 Å². The van der Waals surface area contributed by atoms with Gasteiger partial charge in [-0.15, -0.1) is 5.10 Å². The van der Waals surface area contributed by atoms with Gasteiger partial charge in [0.2, 0.25) is 12.3 Å². The van der Waals surface area contributed by atoms with Crippen LogP contribution in [0.4, 0.5) is 0 Å². The van der Waals surface area contributed by atoms with Gasteiger partial charge in [0.1, 0.15) is 6.61 Å². The van der Waals surface area contributed by atoms with Crippen LogP contribution in [0, 0.1) is 0 Å². The minimum absolute atomic E-state index is 0.00907. The number of rotatable bonds is 0. The zero-order valence-corrected chi connectivity index (χ0v) is 5.60. The summed E-state index contributed by atoms with van der Waals surface area (Å²) in [4.78, 5) is 10.9. The highest BCUT2D eigenvalue weighted by molar-refractivity contribution is 5.86. The maximum atomic E-state index is 10.9. The van der Waals surface area contributed by atoms with Gasteiger partial charge in [0, 0.05) is 0 Å². The Labute approximate surface area is 62.1 Å². The second-order valence-corrected chi connectivity index (χ2v) is 2.24. The molecule has 1 saturated heterocycles. The molecule has 2 aliphatic rings. The number of hydrogen-bond donors (Lipinski definition) is 2. The van der Waals surface area contributed by atoms with E-state index in [2.05, 4.69) is 5.10 Å². The van der Waals surface area contributed by atoms with E-state index in [1.807, 2.05) is 0 Å². The van der Waals surface area contributed by atoms with E-state index in [0.29, 0.717) is 0 Å². The summed E-state index contributed by atoms with van der Waals surface area (Å²) in [7, 11) is 0.